The van der Waals surface area contributed by atoms with Gasteiger partial charge in [-0.2, -0.15) is 0 Å². The van der Waals surface area contributed by atoms with E-state index in [9.17, 15) is 0 Å². The summed E-state index contributed by atoms with van der Waals surface area (Å²) >= 11 is 0. The Kier molecular flexibility index (Phi) is 5.96. The molecule has 7 aromatic carbocycles. The van der Waals surface area contributed by atoms with E-state index in [1.165, 1.54) is 22.3 Å². The molecule has 52 heavy (non-hydrogen) atoms. The van der Waals surface area contributed by atoms with Gasteiger partial charge >= 0.3 is 0 Å². The molecule has 1 spiro atoms. The van der Waals surface area contributed by atoms with E-state index < -0.39 is 5.41 Å². The van der Waals surface area contributed by atoms with Crippen molar-refractivity contribution in [1.82, 2.24) is 14.5 Å². The van der Waals surface area contributed by atoms with Crippen LogP contribution in [0, 0.1) is 0 Å². The van der Waals surface area contributed by atoms with Gasteiger partial charge in [-0.1, -0.05) is 109 Å². The van der Waals surface area contributed by atoms with Crippen LogP contribution in [0.3, 0.4) is 0 Å². The van der Waals surface area contributed by atoms with Crippen molar-refractivity contribution in [3.05, 3.63) is 192 Å². The van der Waals surface area contributed by atoms with Crippen molar-refractivity contribution in [2.24, 2.45) is 0 Å². The van der Waals surface area contributed by atoms with Crippen molar-refractivity contribution in [3.8, 4) is 50.8 Å². The molecule has 1 unspecified atom stereocenters. The maximum absolute atomic E-state index is 6.54. The van der Waals surface area contributed by atoms with Crippen molar-refractivity contribution in [1.29, 1.82) is 0 Å². The van der Waals surface area contributed by atoms with Gasteiger partial charge in [0.05, 0.1) is 27.7 Å². The van der Waals surface area contributed by atoms with Crippen LogP contribution in [0.2, 0.25) is 0 Å². The van der Waals surface area contributed by atoms with E-state index in [0.717, 1.165) is 72.8 Å². The SMILES string of the molecule is Nc1ccc2c(c1)C1(c3ccccc3O2)c2ccccc2-c2ccc(-c3ccc(-c4nc5ccccc5n4-c4cccc5cccnc45)cc3)cc21. The molecule has 0 fully saturated rings. The Labute approximate surface area is 300 Å². The minimum Gasteiger partial charge on any atom is -0.457 e. The van der Waals surface area contributed by atoms with Crippen molar-refractivity contribution in [2.75, 3.05) is 5.73 Å². The Morgan fingerprint density at radius 2 is 1.27 bits per heavy atom. The number of hydrogen-bond donors (Lipinski definition) is 1. The molecule has 0 saturated heterocycles. The number of pyridine rings is 1. The van der Waals surface area contributed by atoms with E-state index in [-0.39, 0.29) is 0 Å². The molecule has 2 aromatic heterocycles. The summed E-state index contributed by atoms with van der Waals surface area (Å²) in [5.74, 6) is 2.57. The van der Waals surface area contributed by atoms with Gasteiger partial charge in [-0.05, 0) is 88.0 Å². The van der Waals surface area contributed by atoms with Crippen molar-refractivity contribution >= 4 is 27.6 Å². The molecule has 2 aliphatic rings. The average molecular weight is 667 g/mol. The second-order valence-electron chi connectivity index (χ2n) is 13.6. The first kappa shape index (κ1) is 28.8. The first-order valence-corrected chi connectivity index (χ1v) is 17.5. The summed E-state index contributed by atoms with van der Waals surface area (Å²) in [5.41, 5.74) is 21.0. The number of para-hydroxylation sites is 4. The number of rotatable bonds is 3. The first-order chi connectivity index (χ1) is 25.7. The van der Waals surface area contributed by atoms with Gasteiger partial charge in [0.2, 0.25) is 0 Å². The van der Waals surface area contributed by atoms with Crippen LogP contribution in [0.4, 0.5) is 5.69 Å². The van der Waals surface area contributed by atoms with Crippen molar-refractivity contribution in [3.63, 3.8) is 0 Å². The average Bonchev–Trinajstić information content (AvgIpc) is 3.72. The van der Waals surface area contributed by atoms with E-state index in [4.69, 9.17) is 20.4 Å². The number of anilines is 1. The molecule has 1 aliphatic carbocycles. The zero-order valence-electron chi connectivity index (χ0n) is 28.0. The van der Waals surface area contributed by atoms with E-state index in [0.29, 0.717) is 5.69 Å². The lowest BCUT2D eigenvalue weighted by Gasteiger charge is -2.39. The Morgan fingerprint density at radius 1 is 0.538 bits per heavy atom. The third-order valence-electron chi connectivity index (χ3n) is 10.9. The number of imidazole rings is 1. The van der Waals surface area contributed by atoms with Gasteiger partial charge < -0.3 is 10.5 Å². The highest BCUT2D eigenvalue weighted by atomic mass is 16.5. The fraction of sp³-hybridized carbons (Fsp3) is 0.0213. The van der Waals surface area contributed by atoms with Crippen LogP contribution >= 0.6 is 0 Å². The maximum Gasteiger partial charge on any atom is 0.145 e. The molecule has 5 heteroatoms. The Morgan fingerprint density at radius 3 is 2.19 bits per heavy atom. The van der Waals surface area contributed by atoms with Crippen LogP contribution in [0.5, 0.6) is 11.5 Å². The quantitative estimate of drug-likeness (QED) is 0.191. The van der Waals surface area contributed by atoms with Gasteiger partial charge in [0, 0.05) is 34.0 Å². The third kappa shape index (κ3) is 3.93. The highest BCUT2D eigenvalue weighted by Gasteiger charge is 2.51. The van der Waals surface area contributed by atoms with E-state index in [2.05, 4.69) is 138 Å². The zero-order chi connectivity index (χ0) is 34.4. The fourth-order valence-electron chi connectivity index (χ4n) is 8.64. The first-order valence-electron chi connectivity index (χ1n) is 17.5. The normalized spacial score (nSPS) is 15.2. The minimum atomic E-state index is -0.585. The summed E-state index contributed by atoms with van der Waals surface area (Å²) in [6.07, 6.45) is 1.85. The molecule has 3 heterocycles. The van der Waals surface area contributed by atoms with Crippen LogP contribution in [0.25, 0.3) is 61.3 Å². The molecule has 9 aromatic rings. The Hall–Kier alpha value is -6.98. The van der Waals surface area contributed by atoms with Crippen LogP contribution in [0.1, 0.15) is 22.3 Å². The summed E-state index contributed by atoms with van der Waals surface area (Å²) < 4.78 is 8.78. The highest BCUT2D eigenvalue weighted by molar-refractivity contribution is 5.93. The van der Waals surface area contributed by atoms with Gasteiger partial charge in [0.25, 0.3) is 0 Å². The minimum absolute atomic E-state index is 0.585. The molecule has 5 nitrogen and oxygen atoms in total. The van der Waals surface area contributed by atoms with Crippen LogP contribution < -0.4 is 10.5 Å². The van der Waals surface area contributed by atoms with E-state index in [1.54, 1.807) is 0 Å². The summed E-state index contributed by atoms with van der Waals surface area (Å²) in [5, 5.41) is 1.09. The molecule has 0 saturated carbocycles. The largest absolute Gasteiger partial charge is 0.457 e. The molecule has 0 bridgehead atoms. The molecule has 244 valence electrons. The van der Waals surface area contributed by atoms with Gasteiger partial charge in [0.1, 0.15) is 17.3 Å². The number of nitrogen functional groups attached to an aromatic ring is 1. The summed E-state index contributed by atoms with van der Waals surface area (Å²) in [4.78, 5) is 9.94. The summed E-state index contributed by atoms with van der Waals surface area (Å²) in [6.45, 7) is 0. The van der Waals surface area contributed by atoms with E-state index >= 15 is 0 Å². The Bertz CT molecular complexity index is 2900. The summed E-state index contributed by atoms with van der Waals surface area (Å²) in [7, 11) is 0. The second-order valence-corrected chi connectivity index (χ2v) is 13.6. The number of nitrogens with zero attached hydrogens (tertiary/aromatic N) is 3. The lowest BCUT2D eigenvalue weighted by Crippen LogP contribution is -2.32. The number of nitrogens with two attached hydrogens (primary N) is 1. The van der Waals surface area contributed by atoms with Gasteiger partial charge in [-0.3, -0.25) is 9.55 Å². The predicted octanol–water partition coefficient (Wildman–Crippen LogP) is 11.0. The number of hydrogen-bond acceptors (Lipinski definition) is 4. The Balaban J connectivity index is 1.09. The number of benzene rings is 7. The molecular formula is C47H30N4O. The lowest BCUT2D eigenvalue weighted by atomic mass is 9.66. The van der Waals surface area contributed by atoms with Crippen molar-refractivity contribution < 1.29 is 4.74 Å². The van der Waals surface area contributed by atoms with Crippen molar-refractivity contribution in [2.45, 2.75) is 5.41 Å². The molecule has 11 rings (SSSR count). The number of fused-ring (bicyclic) bond motifs is 11. The fourth-order valence-corrected chi connectivity index (χ4v) is 8.64. The van der Waals surface area contributed by atoms with Gasteiger partial charge in [0.15, 0.2) is 0 Å². The zero-order valence-corrected chi connectivity index (χ0v) is 28.0. The van der Waals surface area contributed by atoms with Crippen LogP contribution in [0.15, 0.2) is 170 Å². The topological polar surface area (TPSA) is 66.0 Å². The molecular weight excluding hydrogens is 637 g/mol. The van der Waals surface area contributed by atoms with E-state index in [1.807, 2.05) is 36.5 Å². The number of aromatic nitrogens is 3. The predicted molar refractivity (Wildman–Crippen MR) is 209 cm³/mol. The molecule has 2 N–H and O–H groups in total. The summed E-state index contributed by atoms with van der Waals surface area (Å²) in [6, 6.07) is 57.6. The molecule has 0 radical (unpaired) electrons. The smallest absolute Gasteiger partial charge is 0.145 e. The lowest BCUT2D eigenvalue weighted by molar-refractivity contribution is 0.436. The molecule has 1 aliphatic heterocycles. The molecule has 0 amide bonds. The third-order valence-corrected chi connectivity index (χ3v) is 10.9. The van der Waals surface area contributed by atoms with Crippen LogP contribution in [-0.4, -0.2) is 14.5 Å². The number of ether oxygens (including phenoxy) is 1. The monoisotopic (exact) mass is 666 g/mol. The van der Waals surface area contributed by atoms with Gasteiger partial charge in [-0.25, -0.2) is 4.98 Å². The van der Waals surface area contributed by atoms with Gasteiger partial charge in [-0.15, -0.1) is 0 Å². The standard InChI is InChI=1S/C47H30N4O/c48-33-23-25-44-39(28-33)47(37-13-3-6-17-43(37)52-44)36-12-2-1-11-34(36)35-24-22-32(27-38(35)47)29-18-20-31(21-19-29)46-50-40-14-4-5-15-41(40)51(46)42-16-7-9-30-10-8-26-49-45(30)42/h1-28H,48H2. The highest BCUT2D eigenvalue weighted by Crippen LogP contribution is 2.62. The second kappa shape index (κ2) is 10.8. The maximum atomic E-state index is 6.54. The van der Waals surface area contributed by atoms with Crippen LogP contribution in [-0.2, 0) is 5.41 Å². The molecule has 1 atom stereocenters.